The molecule has 0 radical (unpaired) electrons. The molecular formula is C46H80N2O8P+. The van der Waals surface area contributed by atoms with Crippen LogP contribution in [0.25, 0.3) is 0 Å². The van der Waals surface area contributed by atoms with E-state index in [1.165, 1.54) is 89.9 Å². The second-order valence-corrected chi connectivity index (χ2v) is 17.1. The number of nitrogens with zero attached hydrogens (tertiary/aromatic N) is 2. The van der Waals surface area contributed by atoms with Gasteiger partial charge in [-0.25, -0.2) is 9.13 Å². The third kappa shape index (κ3) is 27.7. The van der Waals surface area contributed by atoms with Gasteiger partial charge in [-0.15, -0.1) is 0 Å². The fourth-order valence-electron chi connectivity index (χ4n) is 6.98. The summed E-state index contributed by atoms with van der Waals surface area (Å²) in [4.78, 5) is 37.8. The number of rotatable bonds is 38. The van der Waals surface area contributed by atoms with Crippen LogP contribution >= 0.6 is 7.82 Å². The number of carbonyl (C=O) groups excluding carboxylic acids is 2. The lowest BCUT2D eigenvalue weighted by Gasteiger charge is -2.20. The van der Waals surface area contributed by atoms with Crippen LogP contribution < -0.4 is 9.47 Å². The molecule has 326 valence electrons. The van der Waals surface area contributed by atoms with E-state index in [1.807, 2.05) is 24.4 Å². The zero-order valence-electron chi connectivity index (χ0n) is 36.0. The van der Waals surface area contributed by atoms with E-state index in [0.29, 0.717) is 13.0 Å². The lowest BCUT2D eigenvalue weighted by Crippen LogP contribution is -2.31. The van der Waals surface area contributed by atoms with Crippen LogP contribution in [-0.2, 0) is 39.2 Å². The molecule has 0 fully saturated rings. The molecule has 0 aliphatic carbocycles. The summed E-state index contributed by atoms with van der Waals surface area (Å²) in [5.74, 6) is 0.202. The number of unbranched alkanes of at least 4 members (excludes halogenated alkanes) is 20. The van der Waals surface area contributed by atoms with Crippen molar-refractivity contribution < 1.29 is 42.1 Å². The second kappa shape index (κ2) is 34.4. The zero-order valence-corrected chi connectivity index (χ0v) is 36.9. The van der Waals surface area contributed by atoms with Crippen molar-refractivity contribution in [1.82, 2.24) is 0 Å². The van der Waals surface area contributed by atoms with E-state index < -0.39 is 26.5 Å². The van der Waals surface area contributed by atoms with E-state index in [4.69, 9.17) is 18.5 Å². The van der Waals surface area contributed by atoms with Gasteiger partial charge in [-0.2, -0.15) is 0 Å². The molecule has 0 aromatic carbocycles. The lowest BCUT2D eigenvalue weighted by molar-refractivity contribution is -0.670. The predicted molar refractivity (Wildman–Crippen MR) is 231 cm³/mol. The zero-order chi connectivity index (χ0) is 41.1. The van der Waals surface area contributed by atoms with Crippen LogP contribution in [0, 0.1) is 0 Å². The van der Waals surface area contributed by atoms with E-state index in [0.717, 1.165) is 76.7 Å². The minimum absolute atomic E-state index is 0.0191. The smallest absolute Gasteiger partial charge is 0.462 e. The molecule has 0 bridgehead atoms. The summed E-state index contributed by atoms with van der Waals surface area (Å²) in [6.07, 6.45) is 38.3. The Morgan fingerprint density at radius 3 is 1.89 bits per heavy atom. The predicted octanol–water partition coefficient (Wildman–Crippen LogP) is 11.7. The first-order valence-electron chi connectivity index (χ1n) is 22.8. The van der Waals surface area contributed by atoms with Gasteiger partial charge < -0.3 is 14.4 Å². The van der Waals surface area contributed by atoms with Gasteiger partial charge in [-0.3, -0.25) is 23.5 Å². The number of ether oxygens (including phenoxy) is 2. The molecule has 2 unspecified atom stereocenters. The molecule has 1 aromatic rings. The molecule has 0 saturated carbocycles. The van der Waals surface area contributed by atoms with Crippen molar-refractivity contribution in [3.05, 3.63) is 48.7 Å². The van der Waals surface area contributed by atoms with E-state index in [-0.39, 0.29) is 32.0 Å². The average Bonchev–Trinajstić information content (AvgIpc) is 3.62. The van der Waals surface area contributed by atoms with E-state index >= 15 is 0 Å². The van der Waals surface area contributed by atoms with Gasteiger partial charge in [0.25, 0.3) is 5.82 Å². The number of esters is 2. The molecule has 10 nitrogen and oxygen atoms in total. The molecule has 2 heterocycles. The van der Waals surface area contributed by atoms with Crippen molar-refractivity contribution >= 4 is 25.6 Å². The topological polar surface area (TPSA) is 115 Å². The van der Waals surface area contributed by atoms with Crippen molar-refractivity contribution in [2.45, 2.75) is 193 Å². The highest BCUT2D eigenvalue weighted by atomic mass is 31.2. The number of hydrogen-bond acceptors (Lipinski definition) is 8. The number of phosphoric ester groups is 1. The van der Waals surface area contributed by atoms with Crippen molar-refractivity contribution in [2.24, 2.45) is 0 Å². The van der Waals surface area contributed by atoms with Crippen LogP contribution in [0.3, 0.4) is 0 Å². The monoisotopic (exact) mass is 820 g/mol. The maximum Gasteiger partial charge on any atom is 0.472 e. The normalized spacial score (nSPS) is 14.3. The SMILES string of the molecule is CCCCC/C=C\C/C=C\CCCCCCCC(=O)OCC(COP(=O)(O)OCCN1CC[n+]2ccccc21)OC(=O)CCCCCCCCCCCCCCC. The molecule has 11 heteroatoms. The van der Waals surface area contributed by atoms with Gasteiger partial charge >= 0.3 is 19.8 Å². The Bertz CT molecular complexity index is 1270. The molecule has 1 aliphatic rings. The quantitative estimate of drug-likeness (QED) is 0.0229. The molecule has 0 spiro atoms. The summed E-state index contributed by atoms with van der Waals surface area (Å²) in [5, 5.41) is 0. The van der Waals surface area contributed by atoms with Gasteiger partial charge in [0.15, 0.2) is 6.10 Å². The van der Waals surface area contributed by atoms with Gasteiger partial charge in [0, 0.05) is 18.9 Å². The highest BCUT2D eigenvalue weighted by Gasteiger charge is 2.29. The van der Waals surface area contributed by atoms with Crippen molar-refractivity contribution in [1.29, 1.82) is 0 Å². The van der Waals surface area contributed by atoms with Crippen LogP contribution in [-0.4, -0.2) is 55.8 Å². The minimum Gasteiger partial charge on any atom is -0.462 e. The number of aromatic nitrogens is 1. The van der Waals surface area contributed by atoms with Crippen molar-refractivity contribution in [3.8, 4) is 0 Å². The Balaban J connectivity index is 1.67. The van der Waals surface area contributed by atoms with Gasteiger partial charge in [-0.1, -0.05) is 153 Å². The Kier molecular flexibility index (Phi) is 30.5. The maximum atomic E-state index is 12.8. The van der Waals surface area contributed by atoms with E-state index in [9.17, 15) is 19.0 Å². The molecule has 1 N–H and O–H groups in total. The number of fused-ring (bicyclic) bond motifs is 1. The summed E-state index contributed by atoms with van der Waals surface area (Å²) < 4.78 is 36.5. The van der Waals surface area contributed by atoms with Crippen LogP contribution in [0.1, 0.15) is 181 Å². The van der Waals surface area contributed by atoms with Crippen LogP contribution in [0.4, 0.5) is 5.82 Å². The largest absolute Gasteiger partial charge is 0.472 e. The summed E-state index contributed by atoms with van der Waals surface area (Å²) in [6.45, 7) is 5.83. The molecule has 2 rings (SSSR count). The van der Waals surface area contributed by atoms with Gasteiger partial charge in [0.2, 0.25) is 0 Å². The summed E-state index contributed by atoms with van der Waals surface area (Å²) >= 11 is 0. The van der Waals surface area contributed by atoms with Crippen molar-refractivity contribution in [2.75, 3.05) is 37.8 Å². The number of pyridine rings is 1. The van der Waals surface area contributed by atoms with Crippen LogP contribution in [0.5, 0.6) is 0 Å². The standard InChI is InChI=1S/C46H79N2O8P/c1-3-5-7-9-11-13-15-17-18-20-21-23-25-27-29-34-45(49)53-41-43(56-46(50)35-30-28-26-24-22-19-16-14-12-10-8-6-4-2)42-55-57(51,52)54-40-39-48-38-37-47-36-32-31-33-44(47)48/h11,13,17-18,31-33,36,43H,3-10,12,14-16,19-30,34-35,37-42H2,1-2H3/p+1/b13-11-,18-17-. The lowest BCUT2D eigenvalue weighted by atomic mass is 10.0. The van der Waals surface area contributed by atoms with Gasteiger partial charge in [-0.05, 0) is 51.0 Å². The number of hydrogen-bond donors (Lipinski definition) is 1. The van der Waals surface area contributed by atoms with E-state index in [1.54, 1.807) is 0 Å². The Labute approximate surface area is 346 Å². The number of carbonyl (C=O) groups is 2. The first kappa shape index (κ1) is 50.6. The first-order valence-corrected chi connectivity index (χ1v) is 24.3. The minimum atomic E-state index is -4.45. The fraction of sp³-hybridized carbons (Fsp3) is 0.761. The Morgan fingerprint density at radius 1 is 0.719 bits per heavy atom. The number of phosphoric acid groups is 1. The fourth-order valence-corrected chi connectivity index (χ4v) is 7.72. The molecule has 1 aliphatic heterocycles. The third-order valence-corrected chi connectivity index (χ3v) is 11.4. The Hall–Kier alpha value is -2.52. The number of allylic oxidation sites excluding steroid dienone is 4. The highest BCUT2D eigenvalue weighted by Crippen LogP contribution is 2.43. The van der Waals surface area contributed by atoms with Gasteiger partial charge in [0.05, 0.1) is 19.4 Å². The summed E-state index contributed by atoms with van der Waals surface area (Å²) in [5.41, 5.74) is 0. The first-order chi connectivity index (χ1) is 27.8. The maximum absolute atomic E-state index is 12.8. The highest BCUT2D eigenvalue weighted by molar-refractivity contribution is 7.47. The molecule has 57 heavy (non-hydrogen) atoms. The summed E-state index contributed by atoms with van der Waals surface area (Å²) in [7, 11) is -4.45. The average molecular weight is 820 g/mol. The molecule has 1 aromatic heterocycles. The molecule has 0 amide bonds. The third-order valence-electron chi connectivity index (χ3n) is 10.4. The molecular weight excluding hydrogens is 739 g/mol. The molecule has 0 saturated heterocycles. The molecule has 2 atom stereocenters. The Morgan fingerprint density at radius 2 is 1.26 bits per heavy atom. The van der Waals surface area contributed by atoms with Crippen molar-refractivity contribution in [3.63, 3.8) is 0 Å². The van der Waals surface area contributed by atoms with Crippen LogP contribution in [0.15, 0.2) is 48.7 Å². The van der Waals surface area contributed by atoms with Gasteiger partial charge in [0.1, 0.15) is 26.2 Å². The van der Waals surface area contributed by atoms with E-state index in [2.05, 4.69) is 47.6 Å². The summed E-state index contributed by atoms with van der Waals surface area (Å²) in [6, 6.07) is 5.92. The second-order valence-electron chi connectivity index (χ2n) is 15.6. The van der Waals surface area contributed by atoms with Crippen LogP contribution in [0.2, 0.25) is 0 Å². The number of anilines is 1.